The number of hydrogen-bond donors (Lipinski definition) is 1. The predicted molar refractivity (Wildman–Crippen MR) is 125 cm³/mol. The number of hydrogen-bond acceptors (Lipinski definition) is 6. The van der Waals surface area contributed by atoms with Crippen molar-refractivity contribution in [2.45, 2.75) is 39.3 Å². The summed E-state index contributed by atoms with van der Waals surface area (Å²) >= 11 is 6.10. The first-order chi connectivity index (χ1) is 15.4. The molecule has 1 aliphatic heterocycles. The van der Waals surface area contributed by atoms with Crippen molar-refractivity contribution in [2.24, 2.45) is 0 Å². The van der Waals surface area contributed by atoms with Crippen LogP contribution in [0.25, 0.3) is 11.1 Å². The number of carbonyl (C=O) groups is 1. The lowest BCUT2D eigenvalue weighted by molar-refractivity contribution is -0.139. The molecule has 32 heavy (non-hydrogen) atoms. The van der Waals surface area contributed by atoms with Gasteiger partial charge >= 0.3 is 5.97 Å². The van der Waals surface area contributed by atoms with E-state index >= 15 is 0 Å². The Kier molecular flexibility index (Phi) is 6.86. The van der Waals surface area contributed by atoms with E-state index in [1.807, 2.05) is 31.2 Å². The topological polar surface area (TPSA) is 79.0 Å². The Hall–Kier alpha value is -2.77. The molecule has 1 saturated heterocycles. The van der Waals surface area contributed by atoms with Crippen LogP contribution in [0.3, 0.4) is 0 Å². The third-order valence-corrected chi connectivity index (χ3v) is 5.89. The number of fused-ring (bicyclic) bond motifs is 1. The Morgan fingerprint density at radius 2 is 2.12 bits per heavy atom. The van der Waals surface area contributed by atoms with Crippen molar-refractivity contribution in [3.63, 3.8) is 0 Å². The monoisotopic (exact) mass is 457 g/mol. The van der Waals surface area contributed by atoms with Gasteiger partial charge in [-0.05, 0) is 48.7 Å². The molecule has 1 aliphatic rings. The van der Waals surface area contributed by atoms with E-state index < -0.39 is 5.97 Å². The number of anilines is 1. The van der Waals surface area contributed by atoms with E-state index in [1.54, 1.807) is 6.07 Å². The van der Waals surface area contributed by atoms with Gasteiger partial charge in [-0.2, -0.15) is 4.98 Å². The third kappa shape index (κ3) is 5.34. The van der Waals surface area contributed by atoms with Gasteiger partial charge in [-0.25, -0.2) is 4.79 Å². The summed E-state index contributed by atoms with van der Waals surface area (Å²) in [6, 6.07) is 12.4. The van der Waals surface area contributed by atoms with Gasteiger partial charge in [0.05, 0.1) is 0 Å². The van der Waals surface area contributed by atoms with Gasteiger partial charge in [-0.1, -0.05) is 31.0 Å². The number of carboxylic acids is 1. The van der Waals surface area contributed by atoms with E-state index in [4.69, 9.17) is 30.8 Å². The standard InChI is InChI=1S/C24H28ClN3O4/c1-3-4-19-14-27(13-17-9-16(2)10-20(11-17)31-15-23(29)30)7-8-28(19)24-26-21-6-5-18(25)12-22(21)32-24/h5-6,9-12,19H,3-4,7-8,13-15H2,1-2H3,(H,29,30)/t19-/m1/s1. The molecular weight excluding hydrogens is 430 g/mol. The molecule has 2 heterocycles. The largest absolute Gasteiger partial charge is 0.482 e. The van der Waals surface area contributed by atoms with Gasteiger partial charge in [0.15, 0.2) is 12.2 Å². The Morgan fingerprint density at radius 1 is 1.28 bits per heavy atom. The summed E-state index contributed by atoms with van der Waals surface area (Å²) in [6.45, 7) is 7.22. The number of benzene rings is 2. The number of ether oxygens (including phenoxy) is 1. The highest BCUT2D eigenvalue weighted by Crippen LogP contribution is 2.29. The highest BCUT2D eigenvalue weighted by atomic mass is 35.5. The number of oxazole rings is 1. The molecule has 1 N–H and O–H groups in total. The van der Waals surface area contributed by atoms with Crippen LogP contribution in [-0.4, -0.2) is 53.2 Å². The molecular formula is C24H28ClN3O4. The van der Waals surface area contributed by atoms with Crippen LogP contribution in [0, 0.1) is 6.92 Å². The van der Waals surface area contributed by atoms with Gasteiger partial charge in [0, 0.05) is 43.3 Å². The van der Waals surface area contributed by atoms with Crippen LogP contribution in [-0.2, 0) is 11.3 Å². The molecule has 7 nitrogen and oxygen atoms in total. The third-order valence-electron chi connectivity index (χ3n) is 5.65. The maximum absolute atomic E-state index is 10.8. The molecule has 1 aromatic heterocycles. The Labute approximate surface area is 192 Å². The first kappa shape index (κ1) is 22.4. The molecule has 8 heteroatoms. The average Bonchev–Trinajstić information content (AvgIpc) is 3.15. The van der Waals surface area contributed by atoms with Crippen molar-refractivity contribution in [3.8, 4) is 5.75 Å². The number of aryl methyl sites for hydroxylation is 1. The van der Waals surface area contributed by atoms with Crippen LogP contribution < -0.4 is 9.64 Å². The second-order valence-electron chi connectivity index (χ2n) is 8.32. The van der Waals surface area contributed by atoms with Crippen molar-refractivity contribution in [3.05, 3.63) is 52.5 Å². The second kappa shape index (κ2) is 9.79. The first-order valence-electron chi connectivity index (χ1n) is 10.9. The van der Waals surface area contributed by atoms with Crippen molar-refractivity contribution in [1.29, 1.82) is 0 Å². The number of aliphatic carboxylic acids is 1. The lowest BCUT2D eigenvalue weighted by Crippen LogP contribution is -2.53. The zero-order valence-corrected chi connectivity index (χ0v) is 19.1. The van der Waals surface area contributed by atoms with E-state index in [0.29, 0.717) is 28.4 Å². The molecule has 0 bridgehead atoms. The van der Waals surface area contributed by atoms with Gasteiger partial charge in [-0.3, -0.25) is 4.90 Å². The number of piperazine rings is 1. The Morgan fingerprint density at radius 3 is 2.91 bits per heavy atom. The van der Waals surface area contributed by atoms with E-state index in [-0.39, 0.29) is 6.61 Å². The second-order valence-corrected chi connectivity index (χ2v) is 8.75. The molecule has 1 atom stereocenters. The van der Waals surface area contributed by atoms with E-state index in [0.717, 1.165) is 55.7 Å². The molecule has 0 spiro atoms. The fourth-order valence-electron chi connectivity index (χ4n) is 4.31. The molecule has 1 fully saturated rings. The van der Waals surface area contributed by atoms with Gasteiger partial charge in [0.25, 0.3) is 6.01 Å². The normalized spacial score (nSPS) is 17.1. The molecule has 0 unspecified atom stereocenters. The smallest absolute Gasteiger partial charge is 0.341 e. The molecule has 0 aliphatic carbocycles. The lowest BCUT2D eigenvalue weighted by Gasteiger charge is -2.40. The number of nitrogens with zero attached hydrogens (tertiary/aromatic N) is 3. The van der Waals surface area contributed by atoms with Gasteiger partial charge in [0.2, 0.25) is 0 Å². The molecule has 0 saturated carbocycles. The maximum Gasteiger partial charge on any atom is 0.341 e. The highest BCUT2D eigenvalue weighted by molar-refractivity contribution is 6.31. The Balaban J connectivity index is 1.47. The first-order valence-corrected chi connectivity index (χ1v) is 11.3. The van der Waals surface area contributed by atoms with E-state index in [2.05, 4.69) is 22.8 Å². The average molecular weight is 458 g/mol. The van der Waals surface area contributed by atoms with E-state index in [9.17, 15) is 4.79 Å². The summed E-state index contributed by atoms with van der Waals surface area (Å²) in [7, 11) is 0. The van der Waals surface area contributed by atoms with Crippen molar-refractivity contribution < 1.29 is 19.1 Å². The summed E-state index contributed by atoms with van der Waals surface area (Å²) in [5, 5.41) is 9.51. The predicted octanol–water partition coefficient (Wildman–Crippen LogP) is 4.74. The number of carboxylic acid groups (broad SMARTS) is 1. The van der Waals surface area contributed by atoms with Crippen LogP contribution in [0.4, 0.5) is 6.01 Å². The van der Waals surface area contributed by atoms with Crippen LogP contribution in [0.1, 0.15) is 30.9 Å². The summed E-state index contributed by atoms with van der Waals surface area (Å²) in [5.41, 5.74) is 3.69. The fraction of sp³-hybridized carbons (Fsp3) is 0.417. The maximum atomic E-state index is 10.8. The zero-order chi connectivity index (χ0) is 22.7. The Bertz CT molecular complexity index is 1100. The summed E-state index contributed by atoms with van der Waals surface area (Å²) in [4.78, 5) is 20.2. The van der Waals surface area contributed by atoms with Gasteiger partial charge in [-0.15, -0.1) is 0 Å². The molecule has 3 aromatic rings. The molecule has 0 radical (unpaired) electrons. The number of rotatable bonds is 8. The zero-order valence-electron chi connectivity index (χ0n) is 18.4. The van der Waals surface area contributed by atoms with Crippen molar-refractivity contribution in [1.82, 2.24) is 9.88 Å². The van der Waals surface area contributed by atoms with Crippen LogP contribution in [0.15, 0.2) is 40.8 Å². The SMILES string of the molecule is CCC[C@@H]1CN(Cc2cc(C)cc(OCC(=O)O)c2)CCN1c1nc2ccc(Cl)cc2o1. The van der Waals surface area contributed by atoms with Crippen LogP contribution in [0.5, 0.6) is 5.75 Å². The van der Waals surface area contributed by atoms with Gasteiger partial charge < -0.3 is 19.2 Å². The quantitative estimate of drug-likeness (QED) is 0.523. The fourth-order valence-corrected chi connectivity index (χ4v) is 4.47. The minimum atomic E-state index is -0.979. The van der Waals surface area contributed by atoms with Crippen LogP contribution >= 0.6 is 11.6 Å². The molecule has 4 rings (SSSR count). The lowest BCUT2D eigenvalue weighted by atomic mass is 10.1. The van der Waals surface area contributed by atoms with Crippen molar-refractivity contribution in [2.75, 3.05) is 31.1 Å². The molecule has 2 aromatic carbocycles. The molecule has 170 valence electrons. The summed E-state index contributed by atoms with van der Waals surface area (Å²) in [6.07, 6.45) is 2.11. The number of halogens is 1. The highest BCUT2D eigenvalue weighted by Gasteiger charge is 2.29. The molecule has 0 amide bonds. The van der Waals surface area contributed by atoms with Crippen molar-refractivity contribution >= 4 is 34.7 Å². The van der Waals surface area contributed by atoms with E-state index in [1.165, 1.54) is 0 Å². The summed E-state index contributed by atoms with van der Waals surface area (Å²) < 4.78 is 11.4. The van der Waals surface area contributed by atoms with Crippen LogP contribution in [0.2, 0.25) is 5.02 Å². The minimum Gasteiger partial charge on any atom is -0.482 e. The minimum absolute atomic E-state index is 0.296. The van der Waals surface area contributed by atoms with Gasteiger partial charge in [0.1, 0.15) is 11.3 Å². The number of aromatic nitrogens is 1. The summed E-state index contributed by atoms with van der Waals surface area (Å²) in [5.74, 6) is -0.385.